The molecule has 2 saturated heterocycles. The molecule has 0 radical (unpaired) electrons. The Kier molecular flexibility index (Phi) is 6.39. The Labute approximate surface area is 151 Å². The summed E-state index contributed by atoms with van der Waals surface area (Å²) in [5, 5.41) is 0. The highest BCUT2D eigenvalue weighted by Gasteiger charge is 2.43. The summed E-state index contributed by atoms with van der Waals surface area (Å²) in [4.78, 5) is 25.8. The van der Waals surface area contributed by atoms with Gasteiger partial charge >= 0.3 is 0 Å². The summed E-state index contributed by atoms with van der Waals surface area (Å²) in [5.74, 6) is -0.0642. The van der Waals surface area contributed by atoms with Crippen LogP contribution in [-0.4, -0.2) is 35.5 Å². The van der Waals surface area contributed by atoms with Crippen molar-refractivity contribution < 1.29 is 14.3 Å². The molecule has 2 fully saturated rings. The molecule has 4 heteroatoms. The molecule has 2 aliphatic rings. The zero-order valence-corrected chi connectivity index (χ0v) is 15.8. The molecule has 138 valence electrons. The van der Waals surface area contributed by atoms with E-state index in [1.165, 1.54) is 10.5 Å². The predicted octanol–water partition coefficient (Wildman–Crippen LogP) is 4.18. The minimum atomic E-state index is -0.230. The Balaban J connectivity index is 2.27. The van der Waals surface area contributed by atoms with Crippen molar-refractivity contribution in [3.8, 4) is 0 Å². The molecular weight excluding hydrogens is 314 g/mol. The van der Waals surface area contributed by atoms with E-state index in [0.29, 0.717) is 32.4 Å². The van der Waals surface area contributed by atoms with Crippen LogP contribution in [0.15, 0.2) is 36.5 Å². The highest BCUT2D eigenvalue weighted by molar-refractivity contribution is 5.97. The minimum Gasteiger partial charge on any atom is -0.376 e. The number of piperidine rings is 1. The third-order valence-electron chi connectivity index (χ3n) is 5.34. The number of imide groups is 1. The lowest BCUT2D eigenvalue weighted by Crippen LogP contribution is -2.46. The van der Waals surface area contributed by atoms with Crippen molar-refractivity contribution in [2.45, 2.75) is 64.9 Å². The Morgan fingerprint density at radius 3 is 2.52 bits per heavy atom. The number of hydrogen-bond donors (Lipinski definition) is 0. The largest absolute Gasteiger partial charge is 0.376 e. The molecule has 2 aliphatic heterocycles. The van der Waals surface area contributed by atoms with E-state index in [1.807, 2.05) is 25.2 Å². The van der Waals surface area contributed by atoms with Gasteiger partial charge in [-0.2, -0.15) is 0 Å². The second kappa shape index (κ2) is 8.13. The standard InChI is InChI=1S/C21H31NO3/c1-5-7-9-17(6-2)21(13-15-25-20(3,4)16-21)12-14-22-18(23)10-8-11-19(22)24/h5-7,9H,2,8,10-16H2,1,3-4H3/b7-5-,17-9+. The van der Waals surface area contributed by atoms with Crippen molar-refractivity contribution in [2.24, 2.45) is 5.41 Å². The fourth-order valence-corrected chi connectivity index (χ4v) is 4.12. The molecule has 0 aromatic carbocycles. The van der Waals surface area contributed by atoms with Gasteiger partial charge in [0.1, 0.15) is 0 Å². The van der Waals surface area contributed by atoms with Crippen LogP contribution in [0.4, 0.5) is 0 Å². The van der Waals surface area contributed by atoms with Crippen LogP contribution in [0.1, 0.15) is 59.3 Å². The van der Waals surface area contributed by atoms with Gasteiger partial charge in [-0.3, -0.25) is 14.5 Å². The van der Waals surface area contributed by atoms with Gasteiger partial charge in [0.05, 0.1) is 5.60 Å². The van der Waals surface area contributed by atoms with Gasteiger partial charge in [-0.1, -0.05) is 30.9 Å². The number of rotatable bonds is 6. The van der Waals surface area contributed by atoms with E-state index in [-0.39, 0.29) is 22.8 Å². The quantitative estimate of drug-likeness (QED) is 0.536. The highest BCUT2D eigenvalue weighted by Crippen LogP contribution is 2.47. The van der Waals surface area contributed by atoms with Gasteiger partial charge < -0.3 is 4.74 Å². The van der Waals surface area contributed by atoms with Crippen molar-refractivity contribution in [1.82, 2.24) is 4.90 Å². The first-order valence-electron chi connectivity index (χ1n) is 9.27. The maximum atomic E-state index is 12.2. The summed E-state index contributed by atoms with van der Waals surface area (Å²) in [6.45, 7) is 11.4. The fraction of sp³-hybridized carbons (Fsp3) is 0.619. The molecule has 1 unspecified atom stereocenters. The molecule has 0 N–H and O–H groups in total. The zero-order chi connectivity index (χ0) is 18.5. The van der Waals surface area contributed by atoms with Crippen LogP contribution in [0.3, 0.4) is 0 Å². The Bertz CT molecular complexity index is 572. The van der Waals surface area contributed by atoms with Crippen LogP contribution in [-0.2, 0) is 14.3 Å². The molecule has 2 heterocycles. The highest BCUT2D eigenvalue weighted by atomic mass is 16.5. The van der Waals surface area contributed by atoms with E-state index in [0.717, 1.165) is 19.3 Å². The van der Waals surface area contributed by atoms with Crippen LogP contribution >= 0.6 is 0 Å². The first-order chi connectivity index (χ1) is 11.8. The van der Waals surface area contributed by atoms with Crippen molar-refractivity contribution in [3.63, 3.8) is 0 Å². The zero-order valence-electron chi connectivity index (χ0n) is 15.8. The second-order valence-electron chi connectivity index (χ2n) is 7.71. The van der Waals surface area contributed by atoms with Crippen LogP contribution in [0.5, 0.6) is 0 Å². The molecule has 0 aromatic rings. The topological polar surface area (TPSA) is 46.6 Å². The van der Waals surface area contributed by atoms with E-state index < -0.39 is 0 Å². The molecule has 0 bridgehead atoms. The molecular formula is C21H31NO3. The molecule has 2 amide bonds. The SMILES string of the molecule is C=C/C(=C\C=C/C)C1(CCN2C(=O)CCCC2=O)CCOC(C)(C)C1. The van der Waals surface area contributed by atoms with E-state index in [2.05, 4.69) is 26.5 Å². The first kappa shape index (κ1) is 19.6. The smallest absolute Gasteiger partial charge is 0.229 e. The maximum absolute atomic E-state index is 12.2. The maximum Gasteiger partial charge on any atom is 0.229 e. The van der Waals surface area contributed by atoms with Gasteiger partial charge in [-0.25, -0.2) is 0 Å². The van der Waals surface area contributed by atoms with Gasteiger partial charge in [-0.15, -0.1) is 0 Å². The molecule has 0 saturated carbocycles. The number of amides is 2. The third kappa shape index (κ3) is 4.69. The number of nitrogens with zero attached hydrogens (tertiary/aromatic N) is 1. The fourth-order valence-electron chi connectivity index (χ4n) is 4.12. The molecule has 1 atom stereocenters. The van der Waals surface area contributed by atoms with Gasteiger partial charge in [0.25, 0.3) is 0 Å². The summed E-state index contributed by atoms with van der Waals surface area (Å²) in [6.07, 6.45) is 12.2. The molecule has 0 spiro atoms. The monoisotopic (exact) mass is 345 g/mol. The first-order valence-corrected chi connectivity index (χ1v) is 9.27. The summed E-state index contributed by atoms with van der Waals surface area (Å²) >= 11 is 0. The summed E-state index contributed by atoms with van der Waals surface area (Å²) in [6, 6.07) is 0. The number of allylic oxidation sites excluding steroid dienone is 5. The van der Waals surface area contributed by atoms with E-state index in [4.69, 9.17) is 4.74 Å². The number of carbonyl (C=O) groups excluding carboxylic acids is 2. The summed E-state index contributed by atoms with van der Waals surface area (Å²) in [5.41, 5.74) is 0.812. The Morgan fingerprint density at radius 1 is 1.28 bits per heavy atom. The number of ether oxygens (including phenoxy) is 1. The summed E-state index contributed by atoms with van der Waals surface area (Å²) in [7, 11) is 0. The van der Waals surface area contributed by atoms with E-state index in [9.17, 15) is 9.59 Å². The van der Waals surface area contributed by atoms with Crippen LogP contribution in [0.2, 0.25) is 0 Å². The molecule has 0 aliphatic carbocycles. The number of likely N-dealkylation sites (tertiary alicyclic amines) is 1. The minimum absolute atomic E-state index is 0.0321. The normalized spacial score (nSPS) is 27.8. The van der Waals surface area contributed by atoms with Gasteiger partial charge in [-0.05, 0) is 52.0 Å². The average Bonchev–Trinajstić information content (AvgIpc) is 2.54. The Hall–Kier alpha value is -1.68. The van der Waals surface area contributed by atoms with E-state index >= 15 is 0 Å². The van der Waals surface area contributed by atoms with Crippen molar-refractivity contribution in [3.05, 3.63) is 36.5 Å². The lowest BCUT2D eigenvalue weighted by Gasteiger charge is -2.46. The van der Waals surface area contributed by atoms with Crippen molar-refractivity contribution in [1.29, 1.82) is 0 Å². The van der Waals surface area contributed by atoms with Crippen LogP contribution < -0.4 is 0 Å². The van der Waals surface area contributed by atoms with Gasteiger partial charge in [0, 0.05) is 31.4 Å². The van der Waals surface area contributed by atoms with Crippen molar-refractivity contribution >= 4 is 11.8 Å². The van der Waals surface area contributed by atoms with E-state index in [1.54, 1.807) is 0 Å². The van der Waals surface area contributed by atoms with Crippen LogP contribution in [0, 0.1) is 5.41 Å². The molecule has 4 nitrogen and oxygen atoms in total. The summed E-state index contributed by atoms with van der Waals surface area (Å²) < 4.78 is 5.93. The number of carbonyl (C=O) groups is 2. The second-order valence-corrected chi connectivity index (χ2v) is 7.71. The molecule has 2 rings (SSSR count). The van der Waals surface area contributed by atoms with Crippen molar-refractivity contribution in [2.75, 3.05) is 13.2 Å². The lowest BCUT2D eigenvalue weighted by molar-refractivity contribution is -0.148. The molecule has 0 aromatic heterocycles. The average molecular weight is 345 g/mol. The van der Waals surface area contributed by atoms with Crippen LogP contribution in [0.25, 0.3) is 0 Å². The van der Waals surface area contributed by atoms with Gasteiger partial charge in [0.2, 0.25) is 11.8 Å². The Morgan fingerprint density at radius 2 is 1.96 bits per heavy atom. The third-order valence-corrected chi connectivity index (χ3v) is 5.34. The molecule has 25 heavy (non-hydrogen) atoms. The number of hydrogen-bond acceptors (Lipinski definition) is 3. The predicted molar refractivity (Wildman–Crippen MR) is 100.0 cm³/mol. The van der Waals surface area contributed by atoms with Gasteiger partial charge in [0.15, 0.2) is 0 Å². The lowest BCUT2D eigenvalue weighted by atomic mass is 9.66.